The molecule has 0 aliphatic heterocycles. The van der Waals surface area contributed by atoms with Crippen molar-refractivity contribution in [2.75, 3.05) is 11.9 Å². The minimum atomic E-state index is 0.354. The van der Waals surface area contributed by atoms with Crippen LogP contribution in [0.2, 0.25) is 5.02 Å². The third-order valence-corrected chi connectivity index (χ3v) is 4.22. The average molecular weight is 322 g/mol. The lowest BCUT2D eigenvalue weighted by atomic mass is 10.1. The fourth-order valence-corrected chi connectivity index (χ4v) is 3.36. The Morgan fingerprint density at radius 3 is 2.76 bits per heavy atom. The Balaban J connectivity index is 2.33. The summed E-state index contributed by atoms with van der Waals surface area (Å²) in [5, 5.41) is 5.12. The highest BCUT2D eigenvalue weighted by atomic mass is 35.5. The van der Waals surface area contributed by atoms with Crippen molar-refractivity contribution in [1.29, 1.82) is 0 Å². The lowest BCUT2D eigenvalue weighted by molar-refractivity contribution is 0.800. The minimum absolute atomic E-state index is 0.354. The average Bonchev–Trinajstić information content (AvgIpc) is 2.45. The van der Waals surface area contributed by atoms with E-state index in [2.05, 4.69) is 36.1 Å². The Bertz CT molecular complexity index is 602. The van der Waals surface area contributed by atoms with Crippen LogP contribution in [0.4, 0.5) is 5.82 Å². The Morgan fingerprint density at radius 1 is 1.29 bits per heavy atom. The summed E-state index contributed by atoms with van der Waals surface area (Å²) >= 11 is 7.68. The zero-order valence-electron chi connectivity index (χ0n) is 12.6. The maximum absolute atomic E-state index is 6.05. The summed E-state index contributed by atoms with van der Waals surface area (Å²) < 4.78 is 0. The Morgan fingerprint density at radius 2 is 2.10 bits per heavy atom. The van der Waals surface area contributed by atoms with E-state index in [-0.39, 0.29) is 0 Å². The van der Waals surface area contributed by atoms with Gasteiger partial charge in [-0.3, -0.25) is 0 Å². The van der Waals surface area contributed by atoms with E-state index >= 15 is 0 Å². The predicted octanol–water partition coefficient (Wildman–Crippen LogP) is 5.23. The maximum Gasteiger partial charge on any atom is 0.134 e. The van der Waals surface area contributed by atoms with Crippen molar-refractivity contribution in [3.63, 3.8) is 0 Å². The third-order valence-electron chi connectivity index (χ3n) is 2.98. The molecule has 0 atom stereocenters. The number of halogens is 1. The first-order chi connectivity index (χ1) is 10.1. The molecule has 5 heteroatoms. The SMILES string of the molecule is CCCNc1ncnc(Sc2cccc(Cl)c2)c1C(C)C. The molecule has 0 saturated carbocycles. The number of hydrogen-bond acceptors (Lipinski definition) is 4. The van der Waals surface area contributed by atoms with E-state index in [1.807, 2.05) is 24.3 Å². The van der Waals surface area contributed by atoms with Gasteiger partial charge in [-0.25, -0.2) is 9.97 Å². The number of benzene rings is 1. The van der Waals surface area contributed by atoms with Crippen molar-refractivity contribution in [3.05, 3.63) is 41.2 Å². The fourth-order valence-electron chi connectivity index (χ4n) is 2.01. The molecule has 0 spiro atoms. The summed E-state index contributed by atoms with van der Waals surface area (Å²) in [5.74, 6) is 1.29. The highest BCUT2D eigenvalue weighted by Gasteiger charge is 2.15. The number of nitrogens with one attached hydrogen (secondary N) is 1. The smallest absolute Gasteiger partial charge is 0.134 e. The van der Waals surface area contributed by atoms with Crippen LogP contribution in [0.3, 0.4) is 0 Å². The van der Waals surface area contributed by atoms with Crippen LogP contribution in [-0.4, -0.2) is 16.5 Å². The number of rotatable bonds is 6. The van der Waals surface area contributed by atoms with Crippen LogP contribution in [0.5, 0.6) is 0 Å². The van der Waals surface area contributed by atoms with Gasteiger partial charge in [-0.05, 0) is 30.5 Å². The second kappa shape index (κ2) is 7.66. The first-order valence-electron chi connectivity index (χ1n) is 7.14. The Labute approximate surface area is 135 Å². The number of nitrogens with zero attached hydrogens (tertiary/aromatic N) is 2. The van der Waals surface area contributed by atoms with Gasteiger partial charge >= 0.3 is 0 Å². The zero-order chi connectivity index (χ0) is 15.2. The summed E-state index contributed by atoms with van der Waals surface area (Å²) in [5.41, 5.74) is 1.16. The molecular formula is C16H20ClN3S. The minimum Gasteiger partial charge on any atom is -0.370 e. The van der Waals surface area contributed by atoms with E-state index in [1.54, 1.807) is 18.1 Å². The van der Waals surface area contributed by atoms with Crippen molar-refractivity contribution in [1.82, 2.24) is 9.97 Å². The molecule has 1 aromatic heterocycles. The summed E-state index contributed by atoms with van der Waals surface area (Å²) in [6, 6.07) is 7.83. The fraction of sp³-hybridized carbons (Fsp3) is 0.375. The summed E-state index contributed by atoms with van der Waals surface area (Å²) in [4.78, 5) is 9.95. The van der Waals surface area contributed by atoms with Crippen LogP contribution in [0.15, 0.2) is 40.5 Å². The molecule has 2 aromatic rings. The van der Waals surface area contributed by atoms with Crippen molar-refractivity contribution >= 4 is 29.2 Å². The molecule has 0 saturated heterocycles. The number of anilines is 1. The van der Waals surface area contributed by atoms with Gasteiger partial charge < -0.3 is 5.32 Å². The van der Waals surface area contributed by atoms with Crippen LogP contribution >= 0.6 is 23.4 Å². The summed E-state index contributed by atoms with van der Waals surface area (Å²) in [6.07, 6.45) is 2.69. The maximum atomic E-state index is 6.05. The molecule has 21 heavy (non-hydrogen) atoms. The molecule has 1 aromatic carbocycles. The van der Waals surface area contributed by atoms with Crippen LogP contribution < -0.4 is 5.32 Å². The van der Waals surface area contributed by atoms with Crippen LogP contribution in [-0.2, 0) is 0 Å². The monoisotopic (exact) mass is 321 g/mol. The number of hydrogen-bond donors (Lipinski definition) is 1. The lowest BCUT2D eigenvalue weighted by Gasteiger charge is -2.16. The van der Waals surface area contributed by atoms with E-state index < -0.39 is 0 Å². The van der Waals surface area contributed by atoms with Gasteiger partial charge in [-0.1, -0.05) is 50.2 Å². The topological polar surface area (TPSA) is 37.8 Å². The van der Waals surface area contributed by atoms with Gasteiger partial charge in [0.2, 0.25) is 0 Å². The Kier molecular flexibility index (Phi) is 5.88. The first-order valence-corrected chi connectivity index (χ1v) is 8.33. The molecule has 0 radical (unpaired) electrons. The van der Waals surface area contributed by atoms with Crippen molar-refractivity contribution in [2.24, 2.45) is 0 Å². The van der Waals surface area contributed by atoms with Gasteiger partial charge in [-0.15, -0.1) is 0 Å². The molecular weight excluding hydrogens is 302 g/mol. The molecule has 2 rings (SSSR count). The quantitative estimate of drug-likeness (QED) is 0.739. The van der Waals surface area contributed by atoms with Crippen LogP contribution in [0.25, 0.3) is 0 Å². The van der Waals surface area contributed by atoms with Gasteiger partial charge in [0.05, 0.1) is 0 Å². The van der Waals surface area contributed by atoms with E-state index in [0.717, 1.165) is 39.3 Å². The standard InChI is InChI=1S/C16H20ClN3S/c1-4-8-18-15-14(11(2)3)16(20-10-19-15)21-13-7-5-6-12(17)9-13/h5-7,9-11H,4,8H2,1-3H3,(H,18,19,20). The first kappa shape index (κ1) is 16.1. The highest BCUT2D eigenvalue weighted by molar-refractivity contribution is 7.99. The molecule has 0 unspecified atom stereocenters. The molecule has 0 bridgehead atoms. The molecule has 0 amide bonds. The molecule has 1 N–H and O–H groups in total. The second-order valence-electron chi connectivity index (χ2n) is 5.08. The molecule has 1 heterocycles. The van der Waals surface area contributed by atoms with Gasteiger partial charge in [0.1, 0.15) is 17.2 Å². The lowest BCUT2D eigenvalue weighted by Crippen LogP contribution is -2.08. The molecule has 0 aliphatic rings. The van der Waals surface area contributed by atoms with Gasteiger partial charge in [0.15, 0.2) is 0 Å². The van der Waals surface area contributed by atoms with Crippen LogP contribution in [0.1, 0.15) is 38.7 Å². The van der Waals surface area contributed by atoms with Crippen molar-refractivity contribution < 1.29 is 0 Å². The predicted molar refractivity (Wildman–Crippen MR) is 90.5 cm³/mol. The van der Waals surface area contributed by atoms with E-state index in [4.69, 9.17) is 11.6 Å². The van der Waals surface area contributed by atoms with E-state index in [0.29, 0.717) is 5.92 Å². The molecule has 112 valence electrons. The van der Waals surface area contributed by atoms with E-state index in [1.165, 1.54) is 0 Å². The number of aromatic nitrogens is 2. The van der Waals surface area contributed by atoms with Crippen molar-refractivity contribution in [2.45, 2.75) is 43.0 Å². The van der Waals surface area contributed by atoms with Gasteiger partial charge in [-0.2, -0.15) is 0 Å². The zero-order valence-corrected chi connectivity index (χ0v) is 14.1. The van der Waals surface area contributed by atoms with Crippen LogP contribution in [0, 0.1) is 0 Å². The summed E-state index contributed by atoms with van der Waals surface area (Å²) in [6.45, 7) is 7.39. The molecule has 0 fully saturated rings. The van der Waals surface area contributed by atoms with Gasteiger partial charge in [0, 0.05) is 22.0 Å². The van der Waals surface area contributed by atoms with E-state index in [9.17, 15) is 0 Å². The summed E-state index contributed by atoms with van der Waals surface area (Å²) in [7, 11) is 0. The Hall–Kier alpha value is -1.26. The second-order valence-corrected chi connectivity index (χ2v) is 6.58. The molecule has 0 aliphatic carbocycles. The largest absolute Gasteiger partial charge is 0.370 e. The third kappa shape index (κ3) is 4.35. The molecule has 3 nitrogen and oxygen atoms in total. The van der Waals surface area contributed by atoms with Crippen molar-refractivity contribution in [3.8, 4) is 0 Å². The van der Waals surface area contributed by atoms with Gasteiger partial charge in [0.25, 0.3) is 0 Å². The normalized spacial score (nSPS) is 10.9. The highest BCUT2D eigenvalue weighted by Crippen LogP contribution is 2.36.